The van der Waals surface area contributed by atoms with Crippen molar-refractivity contribution in [2.24, 2.45) is 30.7 Å². The number of rotatable bonds is 32. The Morgan fingerprint density at radius 1 is 0.442 bits per heavy atom. The van der Waals surface area contributed by atoms with Crippen LogP contribution in [0.4, 0.5) is 21.0 Å². The number of amides is 6. The van der Waals surface area contributed by atoms with Crippen molar-refractivity contribution in [2.45, 2.75) is 104 Å². The Bertz CT molecular complexity index is 2840. The highest BCUT2D eigenvalue weighted by molar-refractivity contribution is 6.04. The normalized spacial score (nSPS) is 14.3. The molecule has 2 aliphatic rings. The van der Waals surface area contributed by atoms with Gasteiger partial charge in [0.15, 0.2) is 11.7 Å². The van der Waals surface area contributed by atoms with E-state index in [0.717, 1.165) is 0 Å². The zero-order chi connectivity index (χ0) is 61.8. The zero-order valence-corrected chi connectivity index (χ0v) is 49.3. The lowest BCUT2D eigenvalue weighted by molar-refractivity contribution is -0.123. The molecule has 30 heteroatoms. The molecule has 2 aliphatic heterocycles. The van der Waals surface area contributed by atoms with Gasteiger partial charge in [-0.3, -0.25) is 50.0 Å². The van der Waals surface area contributed by atoms with E-state index in [-0.39, 0.29) is 49.3 Å². The number of ether oxygens (including phenoxy) is 6. The van der Waals surface area contributed by atoms with E-state index < -0.39 is 35.7 Å². The van der Waals surface area contributed by atoms with Crippen LogP contribution in [0.3, 0.4) is 0 Å². The van der Waals surface area contributed by atoms with Crippen LogP contribution in [0.25, 0.3) is 0 Å². The van der Waals surface area contributed by atoms with Gasteiger partial charge in [-0.2, -0.15) is 30.7 Å². The number of pyridine rings is 4. The van der Waals surface area contributed by atoms with Crippen molar-refractivity contribution in [3.8, 4) is 0 Å². The Labute approximate surface area is 498 Å². The molecule has 0 radical (unpaired) electrons. The van der Waals surface area contributed by atoms with Crippen molar-refractivity contribution in [3.63, 3.8) is 0 Å². The molecule has 0 saturated carbocycles. The molecule has 8 N–H and O–H groups in total. The van der Waals surface area contributed by atoms with Crippen molar-refractivity contribution < 1.29 is 57.2 Å². The average molecular weight is 1200 g/mol. The standard InChI is InChI=1S/2C28H39N9O6/c2*1-28(2,3)43-27(40)31-14-16-42-18-17-41-15-13-30-23(38)8-6-9-24(39)33-20-10-11-22(32-19-20)26-36-34-25(35-37-26)21-7-4-5-12-29-21/h4-5,7,10-12,19H,6,8-9,13-18H2,1-3H3,(H,30,38)(H,31,40)(H,33,39)(H,34,35)(H,36,37);4-5,7,10-12,19,25-26H,6,8-9,13-18H2,1-3H3,(H,30,38)(H,31,40)(H,33,39). The molecule has 0 spiro atoms. The van der Waals surface area contributed by atoms with Gasteiger partial charge in [0.2, 0.25) is 36.0 Å². The number of hydrogen-bond donors (Lipinski definition) is 8. The third-order valence-corrected chi connectivity index (χ3v) is 10.9. The summed E-state index contributed by atoms with van der Waals surface area (Å²) in [4.78, 5) is 88.6. The summed E-state index contributed by atoms with van der Waals surface area (Å²) in [5, 5.41) is 41.4. The van der Waals surface area contributed by atoms with E-state index in [0.29, 0.717) is 138 Å². The third-order valence-electron chi connectivity index (χ3n) is 10.9. The molecule has 6 rings (SSSR count). The molecule has 6 amide bonds. The van der Waals surface area contributed by atoms with E-state index in [1.165, 1.54) is 12.4 Å². The fourth-order valence-corrected chi connectivity index (χ4v) is 6.99. The van der Waals surface area contributed by atoms with E-state index in [2.05, 4.69) is 93.3 Å². The maximum absolute atomic E-state index is 12.3. The Hall–Kier alpha value is -9.00. The number of azo groups is 2. The molecule has 0 aliphatic carbocycles. The molecule has 86 heavy (non-hydrogen) atoms. The minimum Gasteiger partial charge on any atom is -0.444 e. The number of aromatic nitrogens is 4. The van der Waals surface area contributed by atoms with Crippen molar-refractivity contribution in [3.05, 3.63) is 108 Å². The first-order valence-corrected chi connectivity index (χ1v) is 28.0. The first kappa shape index (κ1) is 67.8. The number of nitrogens with one attached hydrogen (secondary N) is 8. The third kappa shape index (κ3) is 29.0. The van der Waals surface area contributed by atoms with E-state index >= 15 is 0 Å². The maximum Gasteiger partial charge on any atom is 0.407 e. The van der Waals surface area contributed by atoms with Gasteiger partial charge >= 0.3 is 12.2 Å². The van der Waals surface area contributed by atoms with Gasteiger partial charge < -0.3 is 60.3 Å². The lowest BCUT2D eigenvalue weighted by Crippen LogP contribution is -2.35. The Morgan fingerprint density at radius 2 is 0.849 bits per heavy atom. The molecule has 6 heterocycles. The fraction of sp³-hybridized carbons (Fsp3) is 0.500. The van der Waals surface area contributed by atoms with Crippen LogP contribution >= 0.6 is 0 Å². The van der Waals surface area contributed by atoms with Crippen LogP contribution in [0, 0.1) is 0 Å². The largest absolute Gasteiger partial charge is 0.444 e. The van der Waals surface area contributed by atoms with Crippen molar-refractivity contribution in [1.29, 1.82) is 0 Å². The van der Waals surface area contributed by atoms with Crippen LogP contribution in [-0.2, 0) is 47.6 Å². The Balaban J connectivity index is 0.000000314. The van der Waals surface area contributed by atoms with Crippen LogP contribution in [0.15, 0.2) is 116 Å². The summed E-state index contributed by atoms with van der Waals surface area (Å²) in [6.07, 6.45) is 5.79. The second-order valence-electron chi connectivity index (χ2n) is 20.5. The van der Waals surface area contributed by atoms with Crippen molar-refractivity contribution in [1.82, 2.24) is 52.1 Å². The number of hydrazone groups is 2. The molecule has 0 unspecified atom stereocenters. The Kier molecular flexibility index (Phi) is 29.4. The van der Waals surface area contributed by atoms with Gasteiger partial charge in [-0.25, -0.2) is 9.59 Å². The summed E-state index contributed by atoms with van der Waals surface area (Å²) in [5.74, 6) is 0.156. The van der Waals surface area contributed by atoms with Crippen LogP contribution in [0.1, 0.15) is 115 Å². The lowest BCUT2D eigenvalue weighted by Gasteiger charge is -2.19. The second-order valence-corrected chi connectivity index (χ2v) is 20.5. The highest BCUT2D eigenvalue weighted by Crippen LogP contribution is 2.29. The molecule has 0 bridgehead atoms. The molecule has 30 nitrogen and oxygen atoms in total. The van der Waals surface area contributed by atoms with Gasteiger partial charge in [-0.05, 0) is 103 Å². The monoisotopic (exact) mass is 1190 g/mol. The average Bonchev–Trinajstić information content (AvgIpc) is 3.65. The number of alkyl carbamates (subject to hydrolysis) is 2. The molecule has 0 saturated heterocycles. The van der Waals surface area contributed by atoms with Gasteiger partial charge in [-0.15, -0.1) is 0 Å². The lowest BCUT2D eigenvalue weighted by atomic mass is 10.2. The van der Waals surface area contributed by atoms with Crippen LogP contribution < -0.4 is 42.8 Å². The molecule has 0 fully saturated rings. The summed E-state index contributed by atoms with van der Waals surface area (Å²) in [7, 11) is 0. The van der Waals surface area contributed by atoms with Crippen LogP contribution in [0.2, 0.25) is 0 Å². The minimum absolute atomic E-state index is 0.157. The van der Waals surface area contributed by atoms with E-state index in [9.17, 15) is 28.8 Å². The first-order valence-electron chi connectivity index (χ1n) is 28.0. The summed E-state index contributed by atoms with van der Waals surface area (Å²) >= 11 is 0. The number of amidine groups is 2. The van der Waals surface area contributed by atoms with Crippen LogP contribution in [-0.4, -0.2) is 158 Å². The smallest absolute Gasteiger partial charge is 0.407 e. The fourth-order valence-electron chi connectivity index (χ4n) is 6.99. The topological polar surface area (TPSA) is 380 Å². The van der Waals surface area contributed by atoms with Gasteiger partial charge in [0, 0.05) is 64.3 Å². The van der Waals surface area contributed by atoms with Gasteiger partial charge in [-0.1, -0.05) is 12.1 Å². The molecule has 464 valence electrons. The summed E-state index contributed by atoms with van der Waals surface area (Å²) < 4.78 is 31.8. The highest BCUT2D eigenvalue weighted by atomic mass is 16.6. The number of carbonyl (C=O) groups is 6. The Morgan fingerprint density at radius 3 is 1.23 bits per heavy atom. The second kappa shape index (κ2) is 37.3. The molecular weight excluding hydrogens is 1120 g/mol. The number of carbonyl (C=O) groups excluding carboxylic acids is 6. The molecule has 4 aromatic rings. The van der Waals surface area contributed by atoms with Crippen molar-refractivity contribution >= 4 is 58.9 Å². The number of nitrogens with zero attached hydrogens (tertiary/aromatic N) is 10. The van der Waals surface area contributed by atoms with Crippen molar-refractivity contribution in [2.75, 3.05) is 89.7 Å². The maximum atomic E-state index is 12.3. The molecule has 0 aromatic carbocycles. The van der Waals surface area contributed by atoms with Gasteiger partial charge in [0.25, 0.3) is 0 Å². The molecule has 0 atom stereocenters. The summed E-state index contributed by atoms with van der Waals surface area (Å²) in [6, 6.07) is 17.8. The summed E-state index contributed by atoms with van der Waals surface area (Å²) in [5.41, 5.74) is 8.05. The quantitative estimate of drug-likeness (QED) is 0.0286. The first-order chi connectivity index (χ1) is 41.4. The van der Waals surface area contributed by atoms with E-state index in [1.54, 1.807) is 84.3 Å². The highest BCUT2D eigenvalue weighted by Gasteiger charge is 2.21. The van der Waals surface area contributed by atoms with Gasteiger partial charge in [0.05, 0.1) is 88.0 Å². The predicted molar refractivity (Wildman–Crippen MR) is 314 cm³/mol. The summed E-state index contributed by atoms with van der Waals surface area (Å²) in [6.45, 7) is 14.9. The van der Waals surface area contributed by atoms with E-state index in [1.807, 2.05) is 30.3 Å². The number of hydrogen-bond acceptors (Lipinski definition) is 24. The van der Waals surface area contributed by atoms with E-state index in [4.69, 9.17) is 28.4 Å². The zero-order valence-electron chi connectivity index (χ0n) is 49.3. The molecule has 4 aromatic heterocycles. The van der Waals surface area contributed by atoms with Gasteiger partial charge in [0.1, 0.15) is 22.6 Å². The van der Waals surface area contributed by atoms with Crippen LogP contribution in [0.5, 0.6) is 0 Å². The SMILES string of the molecule is CC(C)(C)OC(=O)NCCOCCOCCNC(=O)CCCC(=O)Nc1ccc(C2=NNC(c3ccccn3)=NN2)nc1.CC(C)(C)OC(=O)NCCOCCOCCNC(=O)CCCC(=O)Nc1ccc(C2N=NC(c3ccccn3)N=N2)nc1. The minimum atomic E-state index is -0.651. The molecular formula is C56H78N18O12. The predicted octanol–water partition coefficient (Wildman–Crippen LogP) is 5.35. The number of anilines is 2.